The summed E-state index contributed by atoms with van der Waals surface area (Å²) in [6, 6.07) is 3.15. The normalized spacial score (nSPS) is 10.0. The van der Waals surface area contributed by atoms with E-state index in [1.165, 1.54) is 6.07 Å². The van der Waals surface area contributed by atoms with E-state index in [0.29, 0.717) is 16.0 Å². The van der Waals surface area contributed by atoms with Crippen LogP contribution in [-0.2, 0) is 0 Å². The topological polar surface area (TPSA) is 12.0 Å². The minimum absolute atomic E-state index is 0.266. The Kier molecular flexibility index (Phi) is 3.96. The number of hydrogen-bond acceptors (Lipinski definition) is 1. The molecule has 0 radical (unpaired) electrons. The van der Waals surface area contributed by atoms with Crippen LogP contribution in [-0.4, -0.2) is 6.54 Å². The molecule has 0 unspecified atom stereocenters. The lowest BCUT2D eigenvalue weighted by molar-refractivity contribution is 0.620. The Hall–Kier alpha value is -0.540. The first-order chi connectivity index (χ1) is 6.50. The molecule has 0 atom stereocenters. The molecule has 4 heteroatoms. The average molecular weight is 279 g/mol. The van der Waals surface area contributed by atoms with Gasteiger partial charge in [-0.25, -0.2) is 4.39 Å². The average Bonchev–Trinajstić information content (AvgIpc) is 2.09. The second-order valence-corrected chi connectivity index (χ2v) is 4.34. The lowest BCUT2D eigenvalue weighted by Crippen LogP contribution is -2.02. The lowest BCUT2D eigenvalue weighted by atomic mass is 10.2. The van der Waals surface area contributed by atoms with Crippen molar-refractivity contribution in [2.75, 3.05) is 11.9 Å². The highest BCUT2D eigenvalue weighted by atomic mass is 79.9. The van der Waals surface area contributed by atoms with Crippen molar-refractivity contribution in [2.24, 2.45) is 0 Å². The molecule has 14 heavy (non-hydrogen) atoms. The molecule has 0 spiro atoms. The van der Waals surface area contributed by atoms with Crippen LogP contribution in [0, 0.1) is 12.7 Å². The summed E-state index contributed by atoms with van der Waals surface area (Å²) in [7, 11) is 0. The van der Waals surface area contributed by atoms with Crippen LogP contribution in [0.25, 0.3) is 0 Å². The molecule has 0 aliphatic rings. The highest BCUT2D eigenvalue weighted by Crippen LogP contribution is 2.24. The number of aryl methyl sites for hydroxylation is 1. The van der Waals surface area contributed by atoms with Gasteiger partial charge in [0.2, 0.25) is 0 Å². The highest BCUT2D eigenvalue weighted by molar-refractivity contribution is 9.10. The molecule has 0 amide bonds. The van der Waals surface area contributed by atoms with Crippen LogP contribution >= 0.6 is 27.5 Å². The van der Waals surface area contributed by atoms with Crippen LogP contribution < -0.4 is 5.32 Å². The summed E-state index contributed by atoms with van der Waals surface area (Å²) >= 11 is 8.73. The first kappa shape index (κ1) is 11.5. The Bertz CT molecular complexity index is 365. The molecule has 1 nitrogen and oxygen atoms in total. The number of hydrogen-bond donors (Lipinski definition) is 1. The van der Waals surface area contributed by atoms with Crippen molar-refractivity contribution < 1.29 is 4.39 Å². The smallest absolute Gasteiger partial charge is 0.137 e. The third-order valence-corrected chi connectivity index (χ3v) is 2.48. The van der Waals surface area contributed by atoms with E-state index in [4.69, 9.17) is 11.6 Å². The van der Waals surface area contributed by atoms with Gasteiger partial charge in [0.1, 0.15) is 5.82 Å². The van der Waals surface area contributed by atoms with Crippen molar-refractivity contribution >= 4 is 33.2 Å². The van der Waals surface area contributed by atoms with E-state index in [2.05, 4.69) is 27.8 Å². The Labute approximate surface area is 96.1 Å². The molecule has 0 bridgehead atoms. The molecule has 76 valence electrons. The summed E-state index contributed by atoms with van der Waals surface area (Å²) < 4.78 is 13.5. The van der Waals surface area contributed by atoms with Crippen molar-refractivity contribution in [3.8, 4) is 0 Å². The molecular formula is C10H10BrClFN. The van der Waals surface area contributed by atoms with Gasteiger partial charge in [-0.1, -0.05) is 18.2 Å². The molecule has 1 aromatic carbocycles. The van der Waals surface area contributed by atoms with Gasteiger partial charge in [0.05, 0.1) is 11.0 Å². The van der Waals surface area contributed by atoms with Crippen molar-refractivity contribution in [3.05, 3.63) is 39.6 Å². The third-order valence-electron chi connectivity index (χ3n) is 1.74. The van der Waals surface area contributed by atoms with E-state index in [1.54, 1.807) is 6.07 Å². The minimum Gasteiger partial charge on any atom is -0.380 e. The van der Waals surface area contributed by atoms with Crippen LogP contribution in [0.3, 0.4) is 0 Å². The van der Waals surface area contributed by atoms with E-state index in [9.17, 15) is 4.39 Å². The van der Waals surface area contributed by atoms with Gasteiger partial charge < -0.3 is 5.32 Å². The van der Waals surface area contributed by atoms with E-state index >= 15 is 0 Å². The van der Waals surface area contributed by atoms with Crippen molar-refractivity contribution in [2.45, 2.75) is 6.92 Å². The van der Waals surface area contributed by atoms with Crippen LogP contribution in [0.4, 0.5) is 10.1 Å². The number of rotatable bonds is 3. The van der Waals surface area contributed by atoms with Gasteiger partial charge in [0.25, 0.3) is 0 Å². The lowest BCUT2D eigenvalue weighted by Gasteiger charge is -2.09. The third kappa shape index (κ3) is 3.00. The van der Waals surface area contributed by atoms with E-state index < -0.39 is 0 Å². The predicted molar refractivity (Wildman–Crippen MR) is 62.3 cm³/mol. The van der Waals surface area contributed by atoms with Crippen molar-refractivity contribution in [1.82, 2.24) is 0 Å². The molecule has 0 aromatic heterocycles. The van der Waals surface area contributed by atoms with Gasteiger partial charge in [-0.2, -0.15) is 0 Å². The molecule has 0 fully saturated rings. The molecule has 0 aliphatic heterocycles. The second kappa shape index (κ2) is 4.80. The summed E-state index contributed by atoms with van der Waals surface area (Å²) in [4.78, 5) is 0. The first-order valence-electron chi connectivity index (χ1n) is 4.03. The van der Waals surface area contributed by atoms with Gasteiger partial charge in [-0.05, 0) is 40.5 Å². The monoisotopic (exact) mass is 277 g/mol. The van der Waals surface area contributed by atoms with Crippen molar-refractivity contribution in [1.29, 1.82) is 0 Å². The zero-order chi connectivity index (χ0) is 10.7. The van der Waals surface area contributed by atoms with Crippen LogP contribution in [0.5, 0.6) is 0 Å². The predicted octanol–water partition coefficient (Wildman–Crippen LogP) is 4.06. The fraction of sp³-hybridized carbons (Fsp3) is 0.200. The maximum absolute atomic E-state index is 13.0. The molecule has 1 N–H and O–H groups in total. The Morgan fingerprint density at radius 1 is 1.64 bits per heavy atom. The Balaban J connectivity index is 2.87. The quantitative estimate of drug-likeness (QED) is 0.879. The highest BCUT2D eigenvalue weighted by Gasteiger charge is 2.04. The van der Waals surface area contributed by atoms with Gasteiger partial charge in [-0.15, -0.1) is 0 Å². The largest absolute Gasteiger partial charge is 0.380 e. The van der Waals surface area contributed by atoms with Gasteiger partial charge in [-0.3, -0.25) is 0 Å². The molecule has 1 rings (SSSR count). The van der Waals surface area contributed by atoms with E-state index in [1.807, 2.05) is 6.92 Å². The number of halogens is 3. The molecule has 0 saturated carbocycles. The van der Waals surface area contributed by atoms with E-state index in [0.717, 1.165) is 11.3 Å². The summed E-state index contributed by atoms with van der Waals surface area (Å²) in [5.41, 5.74) is 1.68. The summed E-state index contributed by atoms with van der Waals surface area (Å²) in [6.07, 6.45) is 0. The van der Waals surface area contributed by atoms with Crippen LogP contribution in [0.1, 0.15) is 5.56 Å². The number of anilines is 1. The Morgan fingerprint density at radius 3 is 2.86 bits per heavy atom. The summed E-state index contributed by atoms with van der Waals surface area (Å²) in [6.45, 7) is 5.86. The minimum atomic E-state index is -0.266. The fourth-order valence-corrected chi connectivity index (χ4v) is 1.44. The van der Waals surface area contributed by atoms with Crippen LogP contribution in [0.2, 0.25) is 0 Å². The SMILES string of the molecule is C=C(Cl)CNc1cc(Br)c(F)cc1C. The first-order valence-corrected chi connectivity index (χ1v) is 5.20. The van der Waals surface area contributed by atoms with E-state index in [-0.39, 0.29) is 5.82 Å². The zero-order valence-corrected chi connectivity index (χ0v) is 10.0. The molecule has 0 saturated heterocycles. The van der Waals surface area contributed by atoms with Gasteiger partial charge in [0.15, 0.2) is 0 Å². The molecule has 1 aromatic rings. The summed E-state index contributed by atoms with van der Waals surface area (Å²) in [5, 5.41) is 3.57. The maximum atomic E-state index is 13.0. The van der Waals surface area contributed by atoms with Crippen LogP contribution in [0.15, 0.2) is 28.2 Å². The zero-order valence-electron chi connectivity index (χ0n) is 7.70. The number of nitrogens with one attached hydrogen (secondary N) is 1. The maximum Gasteiger partial charge on any atom is 0.137 e. The van der Waals surface area contributed by atoms with Gasteiger partial charge >= 0.3 is 0 Å². The van der Waals surface area contributed by atoms with Crippen molar-refractivity contribution in [3.63, 3.8) is 0 Å². The molecular weight excluding hydrogens is 268 g/mol. The van der Waals surface area contributed by atoms with Gasteiger partial charge in [0, 0.05) is 10.7 Å². The standard InChI is InChI=1S/C10H10BrClFN/c1-6-3-9(13)8(11)4-10(6)14-5-7(2)12/h3-4,14H,2,5H2,1H3. The second-order valence-electron chi connectivity index (χ2n) is 2.95. The molecule has 0 heterocycles. The summed E-state index contributed by atoms with van der Waals surface area (Å²) in [5.74, 6) is -0.266. The molecule has 0 aliphatic carbocycles. The fourth-order valence-electron chi connectivity index (χ4n) is 1.03. The number of benzene rings is 1. The Morgan fingerprint density at radius 2 is 2.29 bits per heavy atom.